The molecule has 0 atom stereocenters. The summed E-state index contributed by atoms with van der Waals surface area (Å²) in [5.41, 5.74) is 0. The lowest BCUT2D eigenvalue weighted by molar-refractivity contribution is 0.123. The van der Waals surface area contributed by atoms with Gasteiger partial charge in [-0.1, -0.05) is 0 Å². The fourth-order valence-corrected chi connectivity index (χ4v) is 0.548. The molecule has 0 amide bonds. The van der Waals surface area contributed by atoms with E-state index in [0.29, 0.717) is 19.0 Å². The third-order valence-corrected chi connectivity index (χ3v) is 0.921. The molecule has 9 heavy (non-hydrogen) atoms. The molecule has 0 N–H and O–H groups in total. The minimum atomic E-state index is 0.640. The molecule has 1 aliphatic heterocycles. The van der Waals surface area contributed by atoms with Gasteiger partial charge in [0.2, 0.25) is 0 Å². The van der Waals surface area contributed by atoms with Crippen LogP contribution in [0.25, 0.3) is 0 Å². The van der Waals surface area contributed by atoms with Crippen molar-refractivity contribution in [2.75, 3.05) is 13.2 Å². The topological polar surface area (TPSA) is 20.5 Å². The Hall–Kier alpha value is -1.01. The van der Waals surface area contributed by atoms with Crippen LogP contribution in [-0.4, -0.2) is 19.2 Å². The van der Waals surface area contributed by atoms with E-state index >= 15 is 0 Å². The highest BCUT2D eigenvalue weighted by molar-refractivity contribution is 5.55. The number of hydrogen-bond acceptors (Lipinski definition) is 1. The highest BCUT2D eigenvalue weighted by atomic mass is 16.5. The maximum atomic E-state index is 5.02. The van der Waals surface area contributed by atoms with E-state index in [-0.39, 0.29) is 0 Å². The standard InChI is InChI=1S/C7H9O2/c1-2-8-6-7-4-3-5-9-7/h3-4H,2,5H2,1H3/q+1. The van der Waals surface area contributed by atoms with Crippen LogP contribution in [0.15, 0.2) is 17.9 Å². The molecule has 1 heterocycles. The first-order valence-corrected chi connectivity index (χ1v) is 2.97. The molecule has 48 valence electrons. The second-order valence-electron chi connectivity index (χ2n) is 1.61. The van der Waals surface area contributed by atoms with Crippen LogP contribution in [0.1, 0.15) is 6.92 Å². The smallest absolute Gasteiger partial charge is 0.391 e. The van der Waals surface area contributed by atoms with Crippen LogP contribution in [-0.2, 0) is 9.16 Å². The molecule has 0 aliphatic carbocycles. The molecule has 0 aromatic rings. The minimum absolute atomic E-state index is 0.640. The highest BCUT2D eigenvalue weighted by Crippen LogP contribution is 2.01. The minimum Gasteiger partial charge on any atom is -0.475 e. The van der Waals surface area contributed by atoms with Crippen molar-refractivity contribution in [1.82, 2.24) is 0 Å². The Morgan fingerprint density at radius 3 is 3.33 bits per heavy atom. The third kappa shape index (κ3) is 1.74. The van der Waals surface area contributed by atoms with Gasteiger partial charge in [-0.25, -0.2) is 4.42 Å². The van der Waals surface area contributed by atoms with E-state index in [9.17, 15) is 0 Å². The van der Waals surface area contributed by atoms with Gasteiger partial charge < -0.3 is 4.74 Å². The maximum Gasteiger partial charge on any atom is 0.391 e. The summed E-state index contributed by atoms with van der Waals surface area (Å²) >= 11 is 0. The molecule has 0 aromatic heterocycles. The van der Waals surface area contributed by atoms with E-state index in [0.717, 1.165) is 0 Å². The molecule has 0 saturated heterocycles. The molecule has 1 rings (SSSR count). The Bertz CT molecular complexity index is 173. The van der Waals surface area contributed by atoms with Crippen LogP contribution in [0, 0.1) is 0 Å². The van der Waals surface area contributed by atoms with Crippen LogP contribution >= 0.6 is 0 Å². The number of hydrogen-bond donors (Lipinski definition) is 0. The molecule has 0 bridgehead atoms. The van der Waals surface area contributed by atoms with Crippen molar-refractivity contribution >= 4 is 5.94 Å². The second kappa shape index (κ2) is 3.10. The molecule has 0 radical (unpaired) electrons. The third-order valence-electron chi connectivity index (χ3n) is 0.921. The van der Waals surface area contributed by atoms with Gasteiger partial charge in [-0.3, -0.25) is 0 Å². The predicted octanol–water partition coefficient (Wildman–Crippen LogP) is 0.844. The van der Waals surface area contributed by atoms with E-state index < -0.39 is 0 Å². The van der Waals surface area contributed by atoms with Crippen molar-refractivity contribution in [3.05, 3.63) is 17.9 Å². The zero-order chi connectivity index (χ0) is 6.53. The number of ether oxygens (including phenoxy) is 1. The number of carbonyl (C=O) groups excluding carboxylic acids is 1. The van der Waals surface area contributed by atoms with Gasteiger partial charge in [0.25, 0.3) is 12.4 Å². The fraction of sp³-hybridized carbons (Fsp3) is 0.429. The Labute approximate surface area is 54.1 Å². The molecule has 0 saturated carbocycles. The normalized spacial score (nSPS) is 15.0. The van der Waals surface area contributed by atoms with Crippen LogP contribution in [0.4, 0.5) is 0 Å². The van der Waals surface area contributed by atoms with Crippen molar-refractivity contribution in [2.24, 2.45) is 0 Å². The zero-order valence-corrected chi connectivity index (χ0v) is 5.39. The quantitative estimate of drug-likeness (QED) is 0.375. The highest BCUT2D eigenvalue weighted by Gasteiger charge is 2.01. The van der Waals surface area contributed by atoms with Gasteiger partial charge in [-0.2, -0.15) is 0 Å². The average molecular weight is 125 g/mol. The van der Waals surface area contributed by atoms with Crippen LogP contribution in [0.3, 0.4) is 0 Å². The lowest BCUT2D eigenvalue weighted by Crippen LogP contribution is -1.82. The Morgan fingerprint density at radius 1 is 1.89 bits per heavy atom. The summed E-state index contributed by atoms with van der Waals surface area (Å²) in [4.78, 5) is 0. The predicted molar refractivity (Wildman–Crippen MR) is 34.8 cm³/mol. The molecule has 1 aliphatic rings. The first kappa shape index (κ1) is 6.12. The molecule has 0 aromatic carbocycles. The molecule has 0 unspecified atom stereocenters. The Morgan fingerprint density at radius 2 is 2.78 bits per heavy atom. The van der Waals surface area contributed by atoms with E-state index in [1.807, 2.05) is 19.1 Å². The van der Waals surface area contributed by atoms with Crippen molar-refractivity contribution in [2.45, 2.75) is 6.92 Å². The monoisotopic (exact) mass is 125 g/mol. The van der Waals surface area contributed by atoms with E-state index in [4.69, 9.17) is 9.16 Å². The Kier molecular flexibility index (Phi) is 2.11. The average Bonchev–Trinajstić information content (AvgIpc) is 2.34. The van der Waals surface area contributed by atoms with Gasteiger partial charge in [0.1, 0.15) is 6.61 Å². The fourth-order valence-electron chi connectivity index (χ4n) is 0.548. The molecule has 2 heteroatoms. The van der Waals surface area contributed by atoms with Gasteiger partial charge in [-0.05, 0) is 12.2 Å². The molecule has 0 fully saturated rings. The Balaban J connectivity index is 2.60. The van der Waals surface area contributed by atoms with Crippen LogP contribution < -0.4 is 0 Å². The number of rotatable bonds is 1. The SMILES string of the molecule is CC[O+]=C=C1C=CCO1. The molecular weight excluding hydrogens is 116 g/mol. The van der Waals surface area contributed by atoms with E-state index in [1.165, 1.54) is 0 Å². The lowest BCUT2D eigenvalue weighted by Gasteiger charge is -1.83. The van der Waals surface area contributed by atoms with Crippen LogP contribution in [0.5, 0.6) is 0 Å². The lowest BCUT2D eigenvalue weighted by atomic mass is 10.5. The van der Waals surface area contributed by atoms with Crippen molar-refractivity contribution < 1.29 is 9.16 Å². The van der Waals surface area contributed by atoms with Crippen molar-refractivity contribution in [1.29, 1.82) is 0 Å². The maximum absolute atomic E-state index is 5.02. The summed E-state index contributed by atoms with van der Waals surface area (Å²) in [6.45, 7) is 3.20. The van der Waals surface area contributed by atoms with Crippen LogP contribution in [0.2, 0.25) is 0 Å². The van der Waals surface area contributed by atoms with E-state index in [1.54, 1.807) is 0 Å². The largest absolute Gasteiger partial charge is 0.475 e. The number of allylic oxidation sites excluding steroid dienone is 1. The summed E-state index contributed by atoms with van der Waals surface area (Å²) in [5.74, 6) is 3.33. The summed E-state index contributed by atoms with van der Waals surface area (Å²) < 4.78 is 9.88. The molecular formula is C7H9O2+. The molecule has 0 spiro atoms. The summed E-state index contributed by atoms with van der Waals surface area (Å²) in [7, 11) is 0. The van der Waals surface area contributed by atoms with Gasteiger partial charge in [0.15, 0.2) is 0 Å². The van der Waals surface area contributed by atoms with Gasteiger partial charge in [-0.15, -0.1) is 0 Å². The first-order valence-electron chi connectivity index (χ1n) is 2.97. The second-order valence-corrected chi connectivity index (χ2v) is 1.61. The van der Waals surface area contributed by atoms with Crippen molar-refractivity contribution in [3.8, 4) is 0 Å². The molecule has 2 nitrogen and oxygen atoms in total. The summed E-state index contributed by atoms with van der Waals surface area (Å²) in [5, 5.41) is 0. The first-order chi connectivity index (χ1) is 4.43. The van der Waals surface area contributed by atoms with E-state index in [2.05, 4.69) is 5.94 Å². The van der Waals surface area contributed by atoms with Gasteiger partial charge >= 0.3 is 5.94 Å². The van der Waals surface area contributed by atoms with Crippen molar-refractivity contribution in [3.63, 3.8) is 0 Å². The van der Waals surface area contributed by atoms with Gasteiger partial charge in [0.05, 0.1) is 0 Å². The van der Waals surface area contributed by atoms with Gasteiger partial charge in [0, 0.05) is 6.92 Å². The summed E-state index contributed by atoms with van der Waals surface area (Å²) in [6, 6.07) is 0. The zero-order valence-electron chi connectivity index (χ0n) is 5.39. The summed E-state index contributed by atoms with van der Waals surface area (Å²) in [6.07, 6.45) is 3.76.